The SMILES string of the molecule is CN1C(=O)c2cc(C(=O)NCc3ccc4c(c3)OCO4)nn2C[C@@]1(C)C(=O)NC1CCCCC1. The molecule has 1 fully saturated rings. The van der Waals surface area contributed by atoms with Crippen molar-refractivity contribution in [2.45, 2.75) is 63.7 Å². The van der Waals surface area contributed by atoms with Crippen LogP contribution >= 0.6 is 0 Å². The largest absolute Gasteiger partial charge is 0.454 e. The number of likely N-dealkylation sites (N-methyl/N-ethyl adjacent to an activating group) is 1. The third-order valence-corrected chi connectivity index (χ3v) is 7.05. The molecule has 1 aromatic carbocycles. The van der Waals surface area contributed by atoms with Gasteiger partial charge in [0.05, 0.1) is 6.54 Å². The van der Waals surface area contributed by atoms with Crippen molar-refractivity contribution in [1.29, 1.82) is 0 Å². The van der Waals surface area contributed by atoms with Crippen LogP contribution in [0.3, 0.4) is 0 Å². The maximum atomic E-state index is 13.2. The van der Waals surface area contributed by atoms with E-state index in [0.717, 1.165) is 31.2 Å². The molecule has 1 atom stereocenters. The summed E-state index contributed by atoms with van der Waals surface area (Å²) in [4.78, 5) is 40.5. The number of fused-ring (bicyclic) bond motifs is 2. The van der Waals surface area contributed by atoms with Gasteiger partial charge in [0.1, 0.15) is 11.2 Å². The van der Waals surface area contributed by atoms with Gasteiger partial charge in [0, 0.05) is 25.7 Å². The molecule has 1 aromatic heterocycles. The van der Waals surface area contributed by atoms with Crippen LogP contribution in [0.25, 0.3) is 0 Å². The fraction of sp³-hybridized carbons (Fsp3) is 0.500. The van der Waals surface area contributed by atoms with Crippen LogP contribution < -0.4 is 20.1 Å². The Morgan fingerprint density at radius 3 is 2.71 bits per heavy atom. The first-order valence-corrected chi connectivity index (χ1v) is 11.7. The quantitative estimate of drug-likeness (QED) is 0.694. The molecule has 180 valence electrons. The first-order chi connectivity index (χ1) is 16.3. The third-order valence-electron chi connectivity index (χ3n) is 7.05. The molecular weight excluding hydrogens is 438 g/mol. The molecule has 0 bridgehead atoms. The summed E-state index contributed by atoms with van der Waals surface area (Å²) < 4.78 is 12.1. The van der Waals surface area contributed by atoms with Gasteiger partial charge in [-0.05, 0) is 37.5 Å². The summed E-state index contributed by atoms with van der Waals surface area (Å²) in [6.45, 7) is 2.38. The molecule has 0 unspecified atom stereocenters. The van der Waals surface area contributed by atoms with Crippen molar-refractivity contribution >= 4 is 17.7 Å². The lowest BCUT2D eigenvalue weighted by Crippen LogP contribution is -2.63. The predicted molar refractivity (Wildman–Crippen MR) is 121 cm³/mol. The Morgan fingerprint density at radius 1 is 1.15 bits per heavy atom. The Morgan fingerprint density at radius 2 is 1.91 bits per heavy atom. The fourth-order valence-electron chi connectivity index (χ4n) is 4.75. The van der Waals surface area contributed by atoms with E-state index in [1.807, 2.05) is 12.1 Å². The summed E-state index contributed by atoms with van der Waals surface area (Å²) in [7, 11) is 1.62. The second-order valence-electron chi connectivity index (χ2n) is 9.39. The van der Waals surface area contributed by atoms with Gasteiger partial charge in [0.15, 0.2) is 17.2 Å². The number of nitrogens with zero attached hydrogens (tertiary/aromatic N) is 3. The van der Waals surface area contributed by atoms with Crippen LogP contribution in [0.15, 0.2) is 24.3 Å². The second-order valence-corrected chi connectivity index (χ2v) is 9.39. The van der Waals surface area contributed by atoms with E-state index in [0.29, 0.717) is 17.2 Å². The van der Waals surface area contributed by atoms with Gasteiger partial charge in [-0.25, -0.2) is 0 Å². The number of amides is 3. The number of hydrogen-bond acceptors (Lipinski definition) is 6. The fourth-order valence-corrected chi connectivity index (χ4v) is 4.75. The van der Waals surface area contributed by atoms with E-state index in [1.54, 1.807) is 20.0 Å². The van der Waals surface area contributed by atoms with Crippen LogP contribution in [0.2, 0.25) is 0 Å². The van der Waals surface area contributed by atoms with Crippen molar-refractivity contribution in [3.05, 3.63) is 41.2 Å². The Bertz CT molecular complexity index is 1140. The van der Waals surface area contributed by atoms with Crippen LogP contribution in [-0.4, -0.2) is 57.8 Å². The minimum Gasteiger partial charge on any atom is -0.454 e. The van der Waals surface area contributed by atoms with Crippen LogP contribution in [0, 0.1) is 0 Å². The van der Waals surface area contributed by atoms with Gasteiger partial charge in [0.25, 0.3) is 11.8 Å². The molecule has 3 amide bonds. The van der Waals surface area contributed by atoms with E-state index in [9.17, 15) is 14.4 Å². The van der Waals surface area contributed by atoms with E-state index < -0.39 is 11.4 Å². The molecule has 1 saturated carbocycles. The molecule has 0 saturated heterocycles. The first kappa shape index (κ1) is 22.2. The Labute approximate surface area is 197 Å². The predicted octanol–water partition coefficient (Wildman–Crippen LogP) is 1.83. The second kappa shape index (κ2) is 8.66. The van der Waals surface area contributed by atoms with Crippen molar-refractivity contribution in [1.82, 2.24) is 25.3 Å². The summed E-state index contributed by atoms with van der Waals surface area (Å²) in [5, 5.41) is 10.3. The zero-order valence-corrected chi connectivity index (χ0v) is 19.4. The Hall–Kier alpha value is -3.56. The molecule has 34 heavy (non-hydrogen) atoms. The average Bonchev–Trinajstić information content (AvgIpc) is 3.48. The highest BCUT2D eigenvalue weighted by Crippen LogP contribution is 2.32. The van der Waals surface area contributed by atoms with Gasteiger partial charge in [-0.2, -0.15) is 5.10 Å². The third kappa shape index (κ3) is 3.97. The highest BCUT2D eigenvalue weighted by atomic mass is 16.7. The smallest absolute Gasteiger partial charge is 0.272 e. The Kier molecular flexibility index (Phi) is 5.66. The molecule has 2 N–H and O–H groups in total. The maximum absolute atomic E-state index is 13.2. The topological polar surface area (TPSA) is 115 Å². The van der Waals surface area contributed by atoms with E-state index in [1.165, 1.54) is 22.1 Å². The van der Waals surface area contributed by atoms with E-state index in [-0.39, 0.29) is 43.4 Å². The van der Waals surface area contributed by atoms with E-state index in [2.05, 4.69) is 15.7 Å². The molecule has 0 spiro atoms. The maximum Gasteiger partial charge on any atom is 0.272 e. The van der Waals surface area contributed by atoms with E-state index >= 15 is 0 Å². The van der Waals surface area contributed by atoms with Crippen molar-refractivity contribution in [2.24, 2.45) is 0 Å². The molecule has 3 aliphatic rings. The zero-order chi connectivity index (χ0) is 23.9. The monoisotopic (exact) mass is 467 g/mol. The molecule has 2 aromatic rings. The molecule has 10 heteroatoms. The number of aromatic nitrogens is 2. The van der Waals surface area contributed by atoms with Crippen molar-refractivity contribution in [2.75, 3.05) is 13.8 Å². The lowest BCUT2D eigenvalue weighted by Gasteiger charge is -2.41. The van der Waals surface area contributed by atoms with Gasteiger partial charge < -0.3 is 25.0 Å². The highest BCUT2D eigenvalue weighted by molar-refractivity contribution is 6.01. The number of nitrogens with one attached hydrogen (secondary N) is 2. The van der Waals surface area contributed by atoms with Crippen LogP contribution in [0.4, 0.5) is 0 Å². The number of carbonyl (C=O) groups is 3. The van der Waals surface area contributed by atoms with Gasteiger partial charge in [-0.1, -0.05) is 25.3 Å². The summed E-state index contributed by atoms with van der Waals surface area (Å²) in [5.74, 6) is 0.391. The van der Waals surface area contributed by atoms with Crippen molar-refractivity contribution in [3.8, 4) is 11.5 Å². The molecule has 0 radical (unpaired) electrons. The Balaban J connectivity index is 1.28. The van der Waals surface area contributed by atoms with Crippen LogP contribution in [0.1, 0.15) is 65.6 Å². The number of hydrogen-bond donors (Lipinski definition) is 2. The zero-order valence-electron chi connectivity index (χ0n) is 19.4. The van der Waals surface area contributed by atoms with E-state index in [4.69, 9.17) is 9.47 Å². The summed E-state index contributed by atoms with van der Waals surface area (Å²) in [6.07, 6.45) is 5.31. The molecule has 5 rings (SSSR count). The normalized spacial score (nSPS) is 21.8. The number of ether oxygens (including phenoxy) is 2. The summed E-state index contributed by atoms with van der Waals surface area (Å²) in [5.41, 5.74) is 0.186. The van der Waals surface area contributed by atoms with Gasteiger partial charge in [-0.3, -0.25) is 19.1 Å². The lowest BCUT2D eigenvalue weighted by molar-refractivity contribution is -0.133. The molecule has 10 nitrogen and oxygen atoms in total. The number of benzene rings is 1. The van der Waals surface area contributed by atoms with Gasteiger partial charge in [0.2, 0.25) is 12.7 Å². The molecular formula is C24H29N5O5. The minimum atomic E-state index is -1.09. The first-order valence-electron chi connectivity index (χ1n) is 11.7. The number of carbonyl (C=O) groups excluding carboxylic acids is 3. The minimum absolute atomic E-state index is 0.134. The average molecular weight is 468 g/mol. The highest BCUT2D eigenvalue weighted by Gasteiger charge is 2.46. The standard InChI is InChI=1S/C24H29N5O5/c1-24(23(32)26-16-6-4-3-5-7-16)13-29-18(22(31)28(24)2)11-17(27-29)21(30)25-12-15-8-9-19-20(10-15)34-14-33-19/h8-11,16H,3-7,12-14H2,1-2H3,(H,25,30)(H,26,32)/t24-/m0/s1. The van der Waals surface area contributed by atoms with Gasteiger partial charge >= 0.3 is 0 Å². The van der Waals surface area contributed by atoms with Crippen LogP contribution in [-0.2, 0) is 17.9 Å². The summed E-state index contributed by atoms with van der Waals surface area (Å²) in [6, 6.07) is 7.08. The lowest BCUT2D eigenvalue weighted by atomic mass is 9.92. The van der Waals surface area contributed by atoms with Crippen LogP contribution in [0.5, 0.6) is 11.5 Å². The van der Waals surface area contributed by atoms with Gasteiger partial charge in [-0.15, -0.1) is 0 Å². The molecule has 2 aliphatic heterocycles. The summed E-state index contributed by atoms with van der Waals surface area (Å²) >= 11 is 0. The van der Waals surface area contributed by atoms with Crippen molar-refractivity contribution < 1.29 is 23.9 Å². The van der Waals surface area contributed by atoms with Crippen molar-refractivity contribution in [3.63, 3.8) is 0 Å². The molecule has 1 aliphatic carbocycles. The number of rotatable bonds is 5. The molecule has 3 heterocycles.